The monoisotopic (exact) mass is 368 g/mol. The van der Waals surface area contributed by atoms with Crippen LogP contribution in [0.25, 0.3) is 5.78 Å². The number of hydrogen-bond donors (Lipinski definition) is 3. The zero-order valence-electron chi connectivity index (χ0n) is 14.3. The third kappa shape index (κ3) is 3.31. The standard InChI is InChI=1S/C17H17ClN8/c1-10-3-4-12(18)6-14(10)23-16-24-17-22-11(2)5-15(26(17)25-16)20-8-13-7-19-9-21-13/h3-7,9,20H,8H2,1-2H3,(H,19,21)(H,23,25). The molecule has 0 fully saturated rings. The minimum absolute atomic E-state index is 0.457. The molecule has 0 bridgehead atoms. The van der Waals surface area contributed by atoms with E-state index in [1.54, 1.807) is 17.0 Å². The molecule has 0 aliphatic heterocycles. The van der Waals surface area contributed by atoms with Gasteiger partial charge in [0.05, 0.1) is 18.6 Å². The van der Waals surface area contributed by atoms with Crippen LogP contribution >= 0.6 is 11.6 Å². The van der Waals surface area contributed by atoms with Gasteiger partial charge in [0.2, 0.25) is 5.95 Å². The van der Waals surface area contributed by atoms with Gasteiger partial charge in [-0.2, -0.15) is 9.50 Å². The summed E-state index contributed by atoms with van der Waals surface area (Å²) in [5.41, 5.74) is 3.73. The van der Waals surface area contributed by atoms with Gasteiger partial charge in [0, 0.05) is 28.7 Å². The number of H-pyrrole nitrogens is 1. The maximum Gasteiger partial charge on any atom is 0.256 e. The Balaban J connectivity index is 1.65. The lowest BCUT2D eigenvalue weighted by molar-refractivity contribution is 0.913. The Morgan fingerprint density at radius 1 is 1.19 bits per heavy atom. The molecular weight excluding hydrogens is 352 g/mol. The molecule has 0 saturated heterocycles. The van der Waals surface area contributed by atoms with Crippen LogP contribution in [-0.4, -0.2) is 29.5 Å². The Kier molecular flexibility index (Phi) is 4.18. The summed E-state index contributed by atoms with van der Waals surface area (Å²) in [5, 5.41) is 11.7. The molecule has 4 aromatic rings. The molecule has 3 aromatic heterocycles. The number of halogens is 1. The van der Waals surface area contributed by atoms with E-state index in [0.717, 1.165) is 28.5 Å². The number of aromatic amines is 1. The second-order valence-corrected chi connectivity index (χ2v) is 6.38. The summed E-state index contributed by atoms with van der Waals surface area (Å²) in [7, 11) is 0. The number of aromatic nitrogens is 6. The van der Waals surface area contributed by atoms with Gasteiger partial charge in [-0.3, -0.25) is 0 Å². The molecule has 26 heavy (non-hydrogen) atoms. The van der Waals surface area contributed by atoms with E-state index in [1.807, 2.05) is 38.1 Å². The molecule has 0 radical (unpaired) electrons. The van der Waals surface area contributed by atoms with Crippen molar-refractivity contribution < 1.29 is 0 Å². The van der Waals surface area contributed by atoms with E-state index in [0.29, 0.717) is 23.3 Å². The molecule has 3 N–H and O–H groups in total. The van der Waals surface area contributed by atoms with Crippen molar-refractivity contribution in [3.8, 4) is 0 Å². The number of rotatable bonds is 5. The first kappa shape index (κ1) is 16.3. The van der Waals surface area contributed by atoms with Gasteiger partial charge >= 0.3 is 0 Å². The van der Waals surface area contributed by atoms with E-state index in [4.69, 9.17) is 11.6 Å². The Labute approximate surface area is 154 Å². The van der Waals surface area contributed by atoms with E-state index in [-0.39, 0.29) is 0 Å². The topological polar surface area (TPSA) is 95.8 Å². The smallest absolute Gasteiger partial charge is 0.256 e. The van der Waals surface area contributed by atoms with Crippen molar-refractivity contribution in [3.63, 3.8) is 0 Å². The van der Waals surface area contributed by atoms with Crippen LogP contribution in [-0.2, 0) is 6.54 Å². The molecule has 9 heteroatoms. The Bertz CT molecular complexity index is 1050. The molecule has 0 amide bonds. The fourth-order valence-electron chi connectivity index (χ4n) is 2.58. The molecule has 132 valence electrons. The van der Waals surface area contributed by atoms with Crippen molar-refractivity contribution in [2.75, 3.05) is 10.6 Å². The van der Waals surface area contributed by atoms with Gasteiger partial charge in [0.25, 0.3) is 5.78 Å². The van der Waals surface area contributed by atoms with Crippen LogP contribution < -0.4 is 10.6 Å². The largest absolute Gasteiger partial charge is 0.364 e. The van der Waals surface area contributed by atoms with Crippen molar-refractivity contribution in [2.24, 2.45) is 0 Å². The average Bonchev–Trinajstić information content (AvgIpc) is 3.25. The minimum atomic E-state index is 0.457. The minimum Gasteiger partial charge on any atom is -0.364 e. The number of nitrogens with one attached hydrogen (secondary N) is 3. The van der Waals surface area contributed by atoms with Crippen LogP contribution in [0.15, 0.2) is 36.8 Å². The predicted octanol–water partition coefficient (Wildman–Crippen LogP) is 3.47. The second kappa shape index (κ2) is 6.64. The van der Waals surface area contributed by atoms with Crippen molar-refractivity contribution >= 4 is 34.8 Å². The third-order valence-electron chi connectivity index (χ3n) is 3.90. The SMILES string of the molecule is Cc1cc(NCc2cnc[nH]2)n2nc(Nc3cc(Cl)ccc3C)nc2n1. The molecule has 0 aliphatic carbocycles. The summed E-state index contributed by atoms with van der Waals surface area (Å²) in [5.74, 6) is 1.77. The van der Waals surface area contributed by atoms with Gasteiger partial charge in [-0.05, 0) is 31.5 Å². The number of fused-ring (bicyclic) bond motifs is 1. The summed E-state index contributed by atoms with van der Waals surface area (Å²) in [6.45, 7) is 4.51. The quantitative estimate of drug-likeness (QED) is 0.499. The number of anilines is 3. The Morgan fingerprint density at radius 3 is 2.88 bits per heavy atom. The van der Waals surface area contributed by atoms with Crippen LogP contribution in [0.3, 0.4) is 0 Å². The molecule has 4 rings (SSSR count). The van der Waals surface area contributed by atoms with Gasteiger partial charge in [0.1, 0.15) is 5.82 Å². The molecule has 0 atom stereocenters. The van der Waals surface area contributed by atoms with Crippen LogP contribution in [0.4, 0.5) is 17.5 Å². The van der Waals surface area contributed by atoms with Crippen molar-refractivity contribution in [1.29, 1.82) is 0 Å². The molecule has 0 spiro atoms. The van der Waals surface area contributed by atoms with Crippen molar-refractivity contribution in [3.05, 3.63) is 58.8 Å². The van der Waals surface area contributed by atoms with E-state index < -0.39 is 0 Å². The maximum atomic E-state index is 6.08. The normalized spacial score (nSPS) is 11.0. The highest BCUT2D eigenvalue weighted by molar-refractivity contribution is 6.30. The van der Waals surface area contributed by atoms with E-state index in [1.165, 1.54) is 0 Å². The second-order valence-electron chi connectivity index (χ2n) is 5.94. The molecule has 1 aromatic carbocycles. The first-order valence-electron chi connectivity index (χ1n) is 8.07. The van der Waals surface area contributed by atoms with Gasteiger partial charge in [-0.25, -0.2) is 9.97 Å². The van der Waals surface area contributed by atoms with E-state index in [9.17, 15) is 0 Å². The lowest BCUT2D eigenvalue weighted by Crippen LogP contribution is -2.07. The summed E-state index contributed by atoms with van der Waals surface area (Å²) in [4.78, 5) is 16.0. The van der Waals surface area contributed by atoms with Gasteiger partial charge in [-0.15, -0.1) is 5.10 Å². The maximum absolute atomic E-state index is 6.08. The summed E-state index contributed by atoms with van der Waals surface area (Å²) < 4.78 is 1.67. The summed E-state index contributed by atoms with van der Waals surface area (Å²) >= 11 is 6.08. The lowest BCUT2D eigenvalue weighted by atomic mass is 10.2. The lowest BCUT2D eigenvalue weighted by Gasteiger charge is -2.07. The highest BCUT2D eigenvalue weighted by atomic mass is 35.5. The van der Waals surface area contributed by atoms with Crippen molar-refractivity contribution in [1.82, 2.24) is 29.5 Å². The molecule has 3 heterocycles. The van der Waals surface area contributed by atoms with Crippen molar-refractivity contribution in [2.45, 2.75) is 20.4 Å². The fourth-order valence-corrected chi connectivity index (χ4v) is 2.75. The first-order chi connectivity index (χ1) is 12.6. The fraction of sp³-hybridized carbons (Fsp3) is 0.176. The zero-order valence-corrected chi connectivity index (χ0v) is 15.0. The number of hydrogen-bond acceptors (Lipinski definition) is 6. The molecular formula is C17H17ClN8. The van der Waals surface area contributed by atoms with Crippen LogP contribution in [0.2, 0.25) is 5.02 Å². The van der Waals surface area contributed by atoms with Gasteiger partial charge < -0.3 is 15.6 Å². The average molecular weight is 369 g/mol. The summed E-state index contributed by atoms with van der Waals surface area (Å²) in [6, 6.07) is 7.56. The Morgan fingerprint density at radius 2 is 2.08 bits per heavy atom. The number of benzene rings is 1. The van der Waals surface area contributed by atoms with E-state index in [2.05, 4.69) is 35.7 Å². The first-order valence-corrected chi connectivity index (χ1v) is 8.45. The highest BCUT2D eigenvalue weighted by Crippen LogP contribution is 2.23. The van der Waals surface area contributed by atoms with E-state index >= 15 is 0 Å². The molecule has 8 nitrogen and oxygen atoms in total. The van der Waals surface area contributed by atoms with Gasteiger partial charge in [0.15, 0.2) is 0 Å². The number of aryl methyl sites for hydroxylation is 2. The molecule has 0 unspecified atom stereocenters. The summed E-state index contributed by atoms with van der Waals surface area (Å²) in [6.07, 6.45) is 3.42. The highest BCUT2D eigenvalue weighted by Gasteiger charge is 2.11. The predicted molar refractivity (Wildman–Crippen MR) is 101 cm³/mol. The van der Waals surface area contributed by atoms with Crippen LogP contribution in [0.1, 0.15) is 17.0 Å². The van der Waals surface area contributed by atoms with Crippen LogP contribution in [0, 0.1) is 13.8 Å². The molecule has 0 aliphatic rings. The van der Waals surface area contributed by atoms with Crippen LogP contribution in [0.5, 0.6) is 0 Å². The number of nitrogens with zero attached hydrogens (tertiary/aromatic N) is 5. The number of imidazole rings is 1. The van der Waals surface area contributed by atoms with Gasteiger partial charge in [-0.1, -0.05) is 17.7 Å². The Hall–Kier alpha value is -3.13. The molecule has 0 saturated carbocycles. The zero-order chi connectivity index (χ0) is 18.1. The third-order valence-corrected chi connectivity index (χ3v) is 4.14.